The van der Waals surface area contributed by atoms with Crippen LogP contribution in [0.3, 0.4) is 0 Å². The van der Waals surface area contributed by atoms with Gasteiger partial charge in [0.2, 0.25) is 15.9 Å². The second-order valence-corrected chi connectivity index (χ2v) is 7.86. The van der Waals surface area contributed by atoms with Gasteiger partial charge in [0.1, 0.15) is 11.5 Å². The molecule has 26 heavy (non-hydrogen) atoms. The second kappa shape index (κ2) is 9.40. The van der Waals surface area contributed by atoms with Gasteiger partial charge < -0.3 is 14.5 Å². The fourth-order valence-corrected chi connectivity index (χ4v) is 3.18. The van der Waals surface area contributed by atoms with Crippen molar-refractivity contribution in [2.24, 2.45) is 0 Å². The quantitative estimate of drug-likeness (QED) is 0.679. The molecule has 0 aliphatic heterocycles. The molecule has 0 unspecified atom stereocenters. The first-order chi connectivity index (χ1) is 12.4. The molecule has 1 amide bonds. The van der Waals surface area contributed by atoms with Gasteiger partial charge in [-0.15, -0.1) is 0 Å². The van der Waals surface area contributed by atoms with Crippen molar-refractivity contribution in [2.75, 3.05) is 26.5 Å². The molecule has 0 radical (unpaired) electrons. The third-order valence-corrected chi connectivity index (χ3v) is 5.11. The predicted octanol–water partition coefficient (Wildman–Crippen LogP) is 1.80. The topological polar surface area (TPSA) is 88.8 Å². The molecule has 0 aliphatic rings. The maximum absolute atomic E-state index is 12.0. The van der Waals surface area contributed by atoms with Gasteiger partial charge in [-0.3, -0.25) is 4.79 Å². The fourth-order valence-electron chi connectivity index (χ4n) is 2.39. The van der Waals surface area contributed by atoms with Gasteiger partial charge in [0, 0.05) is 19.5 Å². The number of ether oxygens (including phenoxy) is 1. The van der Waals surface area contributed by atoms with Gasteiger partial charge in [-0.1, -0.05) is 12.1 Å². The lowest BCUT2D eigenvalue weighted by molar-refractivity contribution is -0.121. The van der Waals surface area contributed by atoms with Crippen LogP contribution < -0.4 is 10.1 Å². The standard InChI is InChI=1S/C18H24N2O5S/c1-24-16-7-5-15(6-8-16)9-11-19-18(21)10-12-20(26(2,22)23)14-17-4-3-13-25-17/h3-8,13H,9-12,14H2,1-2H3,(H,19,21). The Hall–Kier alpha value is -2.32. The van der Waals surface area contributed by atoms with E-state index in [2.05, 4.69) is 5.32 Å². The average Bonchev–Trinajstić information content (AvgIpc) is 3.11. The zero-order valence-corrected chi connectivity index (χ0v) is 15.8. The Balaban J connectivity index is 1.76. The Morgan fingerprint density at radius 1 is 1.23 bits per heavy atom. The molecule has 8 heteroatoms. The van der Waals surface area contributed by atoms with Gasteiger partial charge in [0.25, 0.3) is 0 Å². The normalized spacial score (nSPS) is 11.5. The molecule has 1 heterocycles. The van der Waals surface area contributed by atoms with Gasteiger partial charge in [-0.05, 0) is 36.2 Å². The first-order valence-electron chi connectivity index (χ1n) is 8.25. The smallest absolute Gasteiger partial charge is 0.221 e. The van der Waals surface area contributed by atoms with Gasteiger partial charge in [0.05, 0.1) is 26.2 Å². The molecule has 7 nitrogen and oxygen atoms in total. The fraction of sp³-hybridized carbons (Fsp3) is 0.389. The Morgan fingerprint density at radius 3 is 2.54 bits per heavy atom. The van der Waals surface area contributed by atoms with Crippen LogP contribution in [-0.4, -0.2) is 45.1 Å². The second-order valence-electron chi connectivity index (χ2n) is 5.87. The lowest BCUT2D eigenvalue weighted by Gasteiger charge is -2.18. The van der Waals surface area contributed by atoms with Crippen LogP contribution >= 0.6 is 0 Å². The number of hydrogen-bond donors (Lipinski definition) is 1. The molecule has 1 aromatic carbocycles. The molecule has 1 N–H and O–H groups in total. The summed E-state index contributed by atoms with van der Waals surface area (Å²) in [5.41, 5.74) is 1.08. The van der Waals surface area contributed by atoms with E-state index in [1.54, 1.807) is 19.2 Å². The highest BCUT2D eigenvalue weighted by molar-refractivity contribution is 7.88. The molecular weight excluding hydrogens is 356 g/mol. The minimum atomic E-state index is -3.43. The minimum absolute atomic E-state index is 0.0936. The summed E-state index contributed by atoms with van der Waals surface area (Å²) in [6.45, 7) is 0.709. The van der Waals surface area contributed by atoms with E-state index in [9.17, 15) is 13.2 Å². The van der Waals surface area contributed by atoms with E-state index in [1.807, 2.05) is 24.3 Å². The van der Waals surface area contributed by atoms with Crippen LogP contribution in [0.1, 0.15) is 17.7 Å². The summed E-state index contributed by atoms with van der Waals surface area (Å²) < 4.78 is 35.2. The molecule has 0 atom stereocenters. The van der Waals surface area contributed by atoms with E-state index >= 15 is 0 Å². The summed E-state index contributed by atoms with van der Waals surface area (Å²) in [4.78, 5) is 12.0. The lowest BCUT2D eigenvalue weighted by Crippen LogP contribution is -2.34. The summed E-state index contributed by atoms with van der Waals surface area (Å²) in [6.07, 6.45) is 3.40. The van der Waals surface area contributed by atoms with Crippen molar-refractivity contribution in [1.82, 2.24) is 9.62 Å². The van der Waals surface area contributed by atoms with Gasteiger partial charge >= 0.3 is 0 Å². The number of carbonyl (C=O) groups excluding carboxylic acids is 1. The first kappa shape index (κ1) is 20.0. The van der Waals surface area contributed by atoms with Crippen LogP contribution in [0.5, 0.6) is 5.75 Å². The number of amides is 1. The summed E-state index contributed by atoms with van der Waals surface area (Å²) in [6, 6.07) is 11.0. The van der Waals surface area contributed by atoms with Crippen molar-refractivity contribution < 1.29 is 22.4 Å². The predicted molar refractivity (Wildman–Crippen MR) is 98.3 cm³/mol. The van der Waals surface area contributed by atoms with Crippen molar-refractivity contribution in [3.8, 4) is 5.75 Å². The number of methoxy groups -OCH3 is 1. The van der Waals surface area contributed by atoms with E-state index in [4.69, 9.17) is 9.15 Å². The van der Waals surface area contributed by atoms with Crippen LogP contribution in [0.25, 0.3) is 0 Å². The number of nitrogens with zero attached hydrogens (tertiary/aromatic N) is 1. The van der Waals surface area contributed by atoms with Gasteiger partial charge in [-0.2, -0.15) is 4.31 Å². The van der Waals surface area contributed by atoms with Crippen LogP contribution in [0.2, 0.25) is 0 Å². The van der Waals surface area contributed by atoms with Crippen LogP contribution in [-0.2, 0) is 27.8 Å². The third kappa shape index (κ3) is 6.53. The molecule has 1 aromatic heterocycles. The number of nitrogens with one attached hydrogen (secondary N) is 1. The highest BCUT2D eigenvalue weighted by Gasteiger charge is 2.19. The first-order valence-corrected chi connectivity index (χ1v) is 10.1. The summed E-state index contributed by atoms with van der Waals surface area (Å²) in [5.74, 6) is 1.14. The van der Waals surface area contributed by atoms with E-state index in [0.29, 0.717) is 18.7 Å². The van der Waals surface area contributed by atoms with E-state index in [1.165, 1.54) is 10.6 Å². The number of benzene rings is 1. The van der Waals surface area contributed by atoms with Crippen molar-refractivity contribution in [3.05, 3.63) is 54.0 Å². The molecule has 0 aliphatic carbocycles. The third-order valence-electron chi connectivity index (χ3n) is 3.86. The number of furan rings is 1. The minimum Gasteiger partial charge on any atom is -0.497 e. The largest absolute Gasteiger partial charge is 0.497 e. The monoisotopic (exact) mass is 380 g/mol. The SMILES string of the molecule is COc1ccc(CCNC(=O)CCN(Cc2ccco2)S(C)(=O)=O)cc1. The molecule has 0 fully saturated rings. The maximum Gasteiger partial charge on any atom is 0.221 e. The summed E-state index contributed by atoms with van der Waals surface area (Å²) in [5, 5.41) is 2.81. The Kier molecular flexibility index (Phi) is 7.23. The van der Waals surface area contributed by atoms with Crippen molar-refractivity contribution in [3.63, 3.8) is 0 Å². The van der Waals surface area contributed by atoms with Crippen LogP contribution in [0, 0.1) is 0 Å². The Morgan fingerprint density at radius 2 is 1.96 bits per heavy atom. The summed E-state index contributed by atoms with van der Waals surface area (Å²) in [7, 11) is -1.81. The van der Waals surface area contributed by atoms with Crippen molar-refractivity contribution >= 4 is 15.9 Å². The zero-order valence-electron chi connectivity index (χ0n) is 15.0. The van der Waals surface area contributed by atoms with E-state index < -0.39 is 10.0 Å². The molecule has 2 aromatic rings. The van der Waals surface area contributed by atoms with Crippen LogP contribution in [0.15, 0.2) is 47.1 Å². The average molecular weight is 380 g/mol. The van der Waals surface area contributed by atoms with Crippen molar-refractivity contribution in [1.29, 1.82) is 0 Å². The molecule has 142 valence electrons. The maximum atomic E-state index is 12.0. The molecule has 0 saturated carbocycles. The number of sulfonamides is 1. The van der Waals surface area contributed by atoms with Crippen LogP contribution in [0.4, 0.5) is 0 Å². The Labute approximate surface area is 154 Å². The molecule has 0 bridgehead atoms. The lowest BCUT2D eigenvalue weighted by atomic mass is 10.1. The highest BCUT2D eigenvalue weighted by Crippen LogP contribution is 2.12. The van der Waals surface area contributed by atoms with Gasteiger partial charge in [-0.25, -0.2) is 8.42 Å². The van der Waals surface area contributed by atoms with E-state index in [-0.39, 0.29) is 25.4 Å². The number of hydrogen-bond acceptors (Lipinski definition) is 5. The zero-order chi connectivity index (χ0) is 19.0. The number of carbonyl (C=O) groups is 1. The molecular formula is C18H24N2O5S. The Bertz CT molecular complexity index is 785. The van der Waals surface area contributed by atoms with E-state index in [0.717, 1.165) is 17.6 Å². The highest BCUT2D eigenvalue weighted by atomic mass is 32.2. The number of rotatable bonds is 10. The summed E-state index contributed by atoms with van der Waals surface area (Å²) >= 11 is 0. The van der Waals surface area contributed by atoms with Crippen molar-refractivity contribution in [2.45, 2.75) is 19.4 Å². The molecule has 2 rings (SSSR count). The molecule has 0 spiro atoms. The molecule has 0 saturated heterocycles. The van der Waals surface area contributed by atoms with Gasteiger partial charge in [0.15, 0.2) is 0 Å².